The van der Waals surface area contributed by atoms with Crippen LogP contribution in [-0.4, -0.2) is 74.0 Å². The summed E-state index contributed by atoms with van der Waals surface area (Å²) in [5.41, 5.74) is -2.07. The summed E-state index contributed by atoms with van der Waals surface area (Å²) in [6.07, 6.45) is -5.05. The van der Waals surface area contributed by atoms with Gasteiger partial charge in [0.1, 0.15) is 6.04 Å². The normalized spacial score (nSPS) is 12.0. The highest BCUT2D eigenvalue weighted by Crippen LogP contribution is 2.26. The molecule has 2 aromatic heterocycles. The Kier molecular flexibility index (Phi) is 10.3. The number of hydrogen-bond donors (Lipinski definition) is 4. The van der Waals surface area contributed by atoms with Crippen molar-refractivity contribution < 1.29 is 47.0 Å². The number of anilines is 2. The Labute approximate surface area is 245 Å². The van der Waals surface area contributed by atoms with Gasteiger partial charge in [-0.05, 0) is 30.7 Å². The van der Waals surface area contributed by atoms with Crippen LogP contribution >= 0.6 is 0 Å². The average Bonchev–Trinajstić information content (AvgIpc) is 2.96. The minimum absolute atomic E-state index is 0.124. The van der Waals surface area contributed by atoms with Gasteiger partial charge in [-0.25, -0.2) is 14.8 Å². The highest BCUT2D eigenvalue weighted by atomic mass is 19.4. The van der Waals surface area contributed by atoms with Crippen LogP contribution < -0.4 is 21.1 Å². The van der Waals surface area contributed by atoms with Crippen LogP contribution in [0.4, 0.5) is 24.8 Å². The molecule has 0 bridgehead atoms. The van der Waals surface area contributed by atoms with E-state index in [0.29, 0.717) is 4.90 Å². The number of esters is 1. The number of rotatable bonds is 11. The average molecular weight is 622 g/mol. The van der Waals surface area contributed by atoms with Crippen molar-refractivity contribution in [3.8, 4) is 0 Å². The van der Waals surface area contributed by atoms with E-state index in [9.17, 15) is 41.9 Å². The molecule has 44 heavy (non-hydrogen) atoms. The number of nitrogens with zero attached hydrogens (tertiary/aromatic N) is 4. The van der Waals surface area contributed by atoms with Crippen molar-refractivity contribution in [2.45, 2.75) is 45.5 Å². The quantitative estimate of drug-likeness (QED) is 0.225. The van der Waals surface area contributed by atoms with Gasteiger partial charge in [-0.1, -0.05) is 13.8 Å². The first-order valence-corrected chi connectivity index (χ1v) is 12.8. The van der Waals surface area contributed by atoms with Crippen molar-refractivity contribution in [3.05, 3.63) is 52.1 Å². The van der Waals surface area contributed by atoms with Gasteiger partial charge < -0.3 is 15.2 Å². The molecule has 234 valence electrons. The molecule has 0 saturated carbocycles. The van der Waals surface area contributed by atoms with Crippen LogP contribution in [0, 0.1) is 5.92 Å². The summed E-state index contributed by atoms with van der Waals surface area (Å²) in [7, 11) is 1.04. The van der Waals surface area contributed by atoms with Gasteiger partial charge >= 0.3 is 24.0 Å². The summed E-state index contributed by atoms with van der Waals surface area (Å²) in [6.45, 7) is 2.43. The van der Waals surface area contributed by atoms with Crippen molar-refractivity contribution in [1.29, 1.82) is 0 Å². The number of aliphatic carboxylic acids is 1. The van der Waals surface area contributed by atoms with Gasteiger partial charge in [-0.2, -0.15) is 18.2 Å². The number of benzene rings is 1. The third kappa shape index (κ3) is 8.33. The van der Waals surface area contributed by atoms with E-state index in [0.717, 1.165) is 37.6 Å². The molecule has 0 fully saturated rings. The Morgan fingerprint density at radius 1 is 1.09 bits per heavy atom. The fraction of sp³-hybridized carbons (Fsp3) is 0.346. The molecule has 0 aliphatic heterocycles. The number of aromatic nitrogens is 4. The van der Waals surface area contributed by atoms with Crippen LogP contribution in [0.2, 0.25) is 0 Å². The lowest BCUT2D eigenvalue weighted by atomic mass is 10.1. The maximum atomic E-state index is 13.5. The number of carbonyl (C=O) groups is 5. The number of nitrogens with one attached hydrogen (secondary N) is 3. The summed E-state index contributed by atoms with van der Waals surface area (Å²) in [5, 5.41) is 13.6. The van der Waals surface area contributed by atoms with E-state index in [-0.39, 0.29) is 40.5 Å². The van der Waals surface area contributed by atoms with E-state index < -0.39 is 66.3 Å². The molecular weight excluding hydrogens is 595 g/mol. The zero-order valence-corrected chi connectivity index (χ0v) is 23.4. The second kappa shape index (κ2) is 13.7. The van der Waals surface area contributed by atoms with Crippen molar-refractivity contribution in [3.63, 3.8) is 0 Å². The van der Waals surface area contributed by atoms with Gasteiger partial charge in [-0.15, -0.1) is 0 Å². The van der Waals surface area contributed by atoms with Crippen molar-refractivity contribution >= 4 is 52.5 Å². The molecule has 1 atom stereocenters. The van der Waals surface area contributed by atoms with E-state index in [4.69, 9.17) is 5.11 Å². The van der Waals surface area contributed by atoms with Gasteiger partial charge in [0.05, 0.1) is 25.5 Å². The molecule has 0 aliphatic rings. The number of ether oxygens (including phenoxy) is 1. The van der Waals surface area contributed by atoms with Gasteiger partial charge in [0.2, 0.25) is 11.9 Å². The molecule has 3 rings (SSSR count). The largest absolute Gasteiger partial charge is 0.481 e. The van der Waals surface area contributed by atoms with Crippen molar-refractivity contribution in [1.82, 2.24) is 25.3 Å². The molecule has 0 spiro atoms. The van der Waals surface area contributed by atoms with Crippen LogP contribution in [0.5, 0.6) is 0 Å². The summed E-state index contributed by atoms with van der Waals surface area (Å²) in [4.78, 5) is 86.8. The van der Waals surface area contributed by atoms with Crippen LogP contribution in [0.15, 0.2) is 35.3 Å². The van der Waals surface area contributed by atoms with Gasteiger partial charge in [-0.3, -0.25) is 39.2 Å². The van der Waals surface area contributed by atoms with Crippen LogP contribution in [0.1, 0.15) is 42.7 Å². The maximum absolute atomic E-state index is 13.5. The number of amides is 3. The Hall–Kier alpha value is -5.42. The summed E-state index contributed by atoms with van der Waals surface area (Å²) in [6, 6.07) is 2.93. The molecule has 18 heteroatoms. The number of carboxylic acids is 1. The van der Waals surface area contributed by atoms with Crippen LogP contribution in [0.3, 0.4) is 0 Å². The zero-order valence-electron chi connectivity index (χ0n) is 23.4. The van der Waals surface area contributed by atoms with E-state index in [1.807, 2.05) is 0 Å². The number of carbonyl (C=O) groups excluding carboxylic acids is 4. The molecule has 3 aromatic rings. The minimum Gasteiger partial charge on any atom is -0.481 e. The first-order valence-electron chi connectivity index (χ1n) is 12.8. The minimum atomic E-state index is -5.32. The van der Waals surface area contributed by atoms with E-state index in [1.165, 1.54) is 0 Å². The standard InChI is InChI=1S/C26H26F3N7O8/c1-12(2)20(39)34-25-33-19-18(22(41)35-25)31-14(10-30-19)11-36(24(43)26(27,28)29)15-6-4-13(5-7-15)21(40)32-16(23(42)44-3)8-9-17(37)38/h4-7,10,12,16H,8-9,11H2,1-3H3,(H,32,40)(H,37,38)(H2,30,33,34,35,39,41)/t16-/m1/s1. The number of halogens is 3. The van der Waals surface area contributed by atoms with Gasteiger partial charge in [0.15, 0.2) is 11.2 Å². The van der Waals surface area contributed by atoms with Crippen molar-refractivity contribution in [2.75, 3.05) is 17.3 Å². The Morgan fingerprint density at radius 3 is 2.32 bits per heavy atom. The first kappa shape index (κ1) is 33.1. The lowest BCUT2D eigenvalue weighted by Gasteiger charge is -2.24. The van der Waals surface area contributed by atoms with Gasteiger partial charge in [0.25, 0.3) is 11.5 Å². The number of methoxy groups -OCH3 is 1. The SMILES string of the molecule is COC(=O)[C@@H](CCC(=O)O)NC(=O)c1ccc(N(Cc2cnc3nc(NC(=O)C(C)C)[nH]c(=O)c3n2)C(=O)C(F)(F)F)cc1. The lowest BCUT2D eigenvalue weighted by molar-refractivity contribution is -0.170. The molecule has 0 radical (unpaired) electrons. The highest BCUT2D eigenvalue weighted by Gasteiger charge is 2.43. The van der Waals surface area contributed by atoms with Crippen LogP contribution in [0.25, 0.3) is 11.2 Å². The summed E-state index contributed by atoms with van der Waals surface area (Å²) >= 11 is 0. The number of hydrogen-bond acceptors (Lipinski definition) is 10. The third-order valence-electron chi connectivity index (χ3n) is 5.92. The molecule has 1 aromatic carbocycles. The van der Waals surface area contributed by atoms with E-state index in [2.05, 4.69) is 35.3 Å². The number of aromatic amines is 1. The fourth-order valence-electron chi connectivity index (χ4n) is 3.64. The first-order chi connectivity index (χ1) is 20.6. The molecule has 15 nitrogen and oxygen atoms in total. The predicted molar refractivity (Wildman–Crippen MR) is 145 cm³/mol. The fourth-order valence-corrected chi connectivity index (χ4v) is 3.64. The number of carboxylic acid groups (broad SMARTS) is 1. The van der Waals surface area contributed by atoms with Crippen molar-refractivity contribution in [2.24, 2.45) is 5.92 Å². The molecule has 0 unspecified atom stereocenters. The van der Waals surface area contributed by atoms with Crippen LogP contribution in [-0.2, 0) is 30.5 Å². The lowest BCUT2D eigenvalue weighted by Crippen LogP contribution is -2.42. The summed E-state index contributed by atoms with van der Waals surface area (Å²) < 4.78 is 45.1. The number of H-pyrrole nitrogens is 1. The molecule has 4 N–H and O–H groups in total. The summed E-state index contributed by atoms with van der Waals surface area (Å²) in [5.74, 6) is -6.34. The monoisotopic (exact) mass is 621 g/mol. The smallest absolute Gasteiger partial charge is 0.471 e. The highest BCUT2D eigenvalue weighted by molar-refractivity contribution is 5.99. The topological polar surface area (TPSA) is 214 Å². The second-order valence-corrected chi connectivity index (χ2v) is 9.51. The van der Waals surface area contributed by atoms with E-state index in [1.54, 1.807) is 13.8 Å². The predicted octanol–water partition coefficient (Wildman–Crippen LogP) is 1.54. The van der Waals surface area contributed by atoms with E-state index >= 15 is 0 Å². The maximum Gasteiger partial charge on any atom is 0.471 e. The molecule has 0 saturated heterocycles. The van der Waals surface area contributed by atoms with Gasteiger partial charge in [0, 0.05) is 23.6 Å². The molecule has 0 aliphatic carbocycles. The zero-order chi connectivity index (χ0) is 32.8. The number of alkyl halides is 3. The second-order valence-electron chi connectivity index (χ2n) is 9.51. The number of fused-ring (bicyclic) bond motifs is 1. The molecule has 3 amide bonds. The molecular formula is C26H26F3N7O8. The Morgan fingerprint density at radius 2 is 1.75 bits per heavy atom. The Bertz CT molecular complexity index is 1640. The Balaban J connectivity index is 1.88. The molecule has 2 heterocycles. The third-order valence-corrected chi connectivity index (χ3v) is 5.92.